The average molecular weight is 352 g/mol. The minimum atomic E-state index is 0.335. The van der Waals surface area contributed by atoms with Gasteiger partial charge in [0, 0.05) is 0 Å². The second kappa shape index (κ2) is 4.74. The zero-order valence-corrected chi connectivity index (χ0v) is 10.1. The molecule has 0 saturated carbocycles. The van der Waals surface area contributed by atoms with Gasteiger partial charge in [0.1, 0.15) is 0 Å². The monoisotopic (exact) mass is 351 g/mol. The van der Waals surface area contributed by atoms with E-state index in [9.17, 15) is 0 Å². The fraction of sp³-hybridized carbons (Fsp3) is 0.286. The molecule has 10 heavy (non-hydrogen) atoms. The van der Waals surface area contributed by atoms with Crippen LogP contribution in [-0.4, -0.2) is 0 Å². The molecule has 0 fully saturated rings. The average Bonchev–Trinajstić information content (AvgIpc) is 2.49. The van der Waals surface area contributed by atoms with E-state index in [1.807, 2.05) is 0 Å². The standard InChI is InChI=1S/C7H7.2BrH.Ru/c1-2-7-4-3-6(1)5-7;;;/h1-4,6H,5H2;2*1H;/q-1;;;+2/p-2. The van der Waals surface area contributed by atoms with Crippen molar-refractivity contribution in [2.75, 3.05) is 0 Å². The molecule has 0 aromatic carbocycles. The van der Waals surface area contributed by atoms with Crippen molar-refractivity contribution in [3.05, 3.63) is 30.2 Å². The van der Waals surface area contributed by atoms with Gasteiger partial charge < -0.3 is 0 Å². The number of rotatable bonds is 0. The number of allylic oxidation sites excluding steroid dienone is 4. The van der Waals surface area contributed by atoms with E-state index in [1.54, 1.807) is 0 Å². The van der Waals surface area contributed by atoms with Gasteiger partial charge in [-0.15, -0.1) is 5.92 Å². The Labute approximate surface area is 82.5 Å². The molecule has 0 aromatic rings. The molecule has 2 aliphatic rings. The van der Waals surface area contributed by atoms with Crippen molar-refractivity contribution in [3.63, 3.8) is 0 Å². The molecule has 0 unspecified atom stereocenters. The quantitative estimate of drug-likeness (QED) is 0.463. The van der Waals surface area contributed by atoms with Gasteiger partial charge in [0.15, 0.2) is 0 Å². The van der Waals surface area contributed by atoms with Crippen molar-refractivity contribution in [2.24, 2.45) is 5.92 Å². The summed E-state index contributed by atoms with van der Waals surface area (Å²) in [4.78, 5) is 0. The van der Waals surface area contributed by atoms with E-state index in [2.05, 4.69) is 51.6 Å². The molecule has 0 spiro atoms. The summed E-state index contributed by atoms with van der Waals surface area (Å²) in [7, 11) is 0. The Hall–Kier alpha value is 0.933. The van der Waals surface area contributed by atoms with E-state index in [0.717, 1.165) is 5.92 Å². The van der Waals surface area contributed by atoms with Crippen molar-refractivity contribution in [3.8, 4) is 0 Å². The first-order chi connectivity index (χ1) is 4.86. The van der Waals surface area contributed by atoms with Crippen molar-refractivity contribution in [1.82, 2.24) is 0 Å². The van der Waals surface area contributed by atoms with Gasteiger partial charge in [-0.05, 0) is 0 Å². The summed E-state index contributed by atoms with van der Waals surface area (Å²) in [5, 5.41) is 0. The summed E-state index contributed by atoms with van der Waals surface area (Å²) in [6.07, 6.45) is 10.2. The first-order valence-corrected chi connectivity index (χ1v) is 10.9. The minimum absolute atomic E-state index is 0.335. The van der Waals surface area contributed by atoms with Crippen LogP contribution in [0.3, 0.4) is 0 Å². The summed E-state index contributed by atoms with van der Waals surface area (Å²) in [5.41, 5.74) is 0. The summed E-state index contributed by atoms with van der Waals surface area (Å²) in [6.45, 7) is 0. The van der Waals surface area contributed by atoms with Crippen molar-refractivity contribution in [1.29, 1.82) is 0 Å². The van der Waals surface area contributed by atoms with Crippen molar-refractivity contribution in [2.45, 2.75) is 6.42 Å². The maximum absolute atomic E-state index is 3.15. The second-order valence-corrected chi connectivity index (χ2v) is 10.2. The van der Waals surface area contributed by atoms with Crippen LogP contribution in [0.2, 0.25) is 0 Å². The first-order valence-electron chi connectivity index (χ1n) is 2.94. The number of hydrogen-bond donors (Lipinski definition) is 0. The summed E-state index contributed by atoms with van der Waals surface area (Å²) >= 11 is 6.64. The third-order valence-corrected chi connectivity index (χ3v) is 1.59. The topological polar surface area (TPSA) is 0 Å². The van der Waals surface area contributed by atoms with Crippen LogP contribution < -0.4 is 0 Å². The van der Waals surface area contributed by atoms with Crippen LogP contribution in [0.25, 0.3) is 0 Å². The van der Waals surface area contributed by atoms with Gasteiger partial charge in [0.05, 0.1) is 0 Å². The summed E-state index contributed by atoms with van der Waals surface area (Å²) in [6, 6.07) is 0. The van der Waals surface area contributed by atoms with Gasteiger partial charge in [-0.3, -0.25) is 0 Å². The molecular weight excluding hydrogens is 345 g/mol. The van der Waals surface area contributed by atoms with Crippen LogP contribution in [0.4, 0.5) is 0 Å². The number of hydrogen-bond acceptors (Lipinski definition) is 0. The van der Waals surface area contributed by atoms with E-state index in [1.165, 1.54) is 12.3 Å². The molecule has 0 atom stereocenters. The summed E-state index contributed by atoms with van der Waals surface area (Å²) < 4.78 is 0. The molecule has 58 valence electrons. The van der Waals surface area contributed by atoms with Gasteiger partial charge in [0.2, 0.25) is 0 Å². The predicted octanol–water partition coefficient (Wildman–Crippen LogP) is 3.40. The third-order valence-electron chi connectivity index (χ3n) is 1.59. The Morgan fingerprint density at radius 2 is 1.80 bits per heavy atom. The Balaban J connectivity index is 0.000000148. The zero-order chi connectivity index (χ0) is 7.40. The molecule has 0 amide bonds. The fourth-order valence-electron chi connectivity index (χ4n) is 1.16. The molecule has 0 radical (unpaired) electrons. The molecule has 2 aliphatic carbocycles. The van der Waals surface area contributed by atoms with Gasteiger partial charge in [0.25, 0.3) is 0 Å². The van der Waals surface area contributed by atoms with Crippen molar-refractivity contribution < 1.29 is 13.2 Å². The van der Waals surface area contributed by atoms with E-state index in [4.69, 9.17) is 0 Å². The molecule has 0 saturated heterocycles. The molecule has 2 rings (SSSR count). The SMILES string of the molecule is C1=CC2C=C[C-]1C2.[Br][Ru][Br]. The molecule has 0 N–H and O–H groups in total. The van der Waals surface area contributed by atoms with Crippen LogP contribution in [0.5, 0.6) is 0 Å². The van der Waals surface area contributed by atoms with Gasteiger partial charge >= 0.3 is 40.5 Å². The molecule has 0 nitrogen and oxygen atoms in total. The number of halogens is 2. The molecule has 0 aromatic heterocycles. The van der Waals surface area contributed by atoms with Crippen LogP contribution in [-0.2, 0) is 13.2 Å². The molecule has 0 heterocycles. The second-order valence-electron chi connectivity index (χ2n) is 2.21. The Bertz CT molecular complexity index is 126. The Kier molecular flexibility index (Phi) is 4.28. The number of fused-ring (bicyclic) bond motifs is 2. The Morgan fingerprint density at radius 1 is 1.30 bits per heavy atom. The van der Waals surface area contributed by atoms with Crippen LogP contribution >= 0.6 is 27.2 Å². The zero-order valence-electron chi connectivity index (χ0n) is 5.20. The fourth-order valence-corrected chi connectivity index (χ4v) is 1.16. The van der Waals surface area contributed by atoms with Gasteiger partial charge in [-0.1, -0.05) is 6.42 Å². The Morgan fingerprint density at radius 3 is 1.90 bits per heavy atom. The normalized spacial score (nSPS) is 20.0. The van der Waals surface area contributed by atoms with E-state index in [0.29, 0.717) is 13.2 Å². The third kappa shape index (κ3) is 2.52. The predicted molar refractivity (Wildman–Crippen MR) is 47.5 cm³/mol. The van der Waals surface area contributed by atoms with Crippen LogP contribution in [0.15, 0.2) is 24.3 Å². The van der Waals surface area contributed by atoms with E-state index >= 15 is 0 Å². The maximum atomic E-state index is 3.15. The first kappa shape index (κ1) is 9.02. The molecule has 2 bridgehead atoms. The van der Waals surface area contributed by atoms with E-state index < -0.39 is 0 Å². The van der Waals surface area contributed by atoms with Crippen molar-refractivity contribution >= 4 is 27.2 Å². The molecule has 0 aliphatic heterocycles. The molecular formula is C7H7Br2Ru-. The van der Waals surface area contributed by atoms with E-state index in [-0.39, 0.29) is 0 Å². The molecule has 3 heteroatoms. The van der Waals surface area contributed by atoms with Gasteiger partial charge in [-0.25, -0.2) is 0 Å². The van der Waals surface area contributed by atoms with Crippen LogP contribution in [0, 0.1) is 11.8 Å². The van der Waals surface area contributed by atoms with Gasteiger partial charge in [-0.2, -0.15) is 30.2 Å². The summed E-state index contributed by atoms with van der Waals surface area (Å²) in [5.74, 6) is 2.28. The van der Waals surface area contributed by atoms with Crippen LogP contribution in [0.1, 0.15) is 6.42 Å².